The Labute approximate surface area is 88.3 Å². The second-order valence-corrected chi connectivity index (χ2v) is 4.00. The molecule has 0 amide bonds. The van der Waals surface area contributed by atoms with E-state index in [-0.39, 0.29) is 11.2 Å². The highest BCUT2D eigenvalue weighted by Crippen LogP contribution is 2.18. The molecule has 1 aliphatic rings. The Hall–Kier alpha value is -1.04. The first-order valence-corrected chi connectivity index (χ1v) is 5.26. The van der Waals surface area contributed by atoms with Gasteiger partial charge in [0.25, 0.3) is 5.56 Å². The largest absolute Gasteiger partial charge is 0.370 e. The summed E-state index contributed by atoms with van der Waals surface area (Å²) in [4.78, 5) is 25.0. The molecule has 6 heteroatoms. The van der Waals surface area contributed by atoms with Gasteiger partial charge in [-0.1, -0.05) is 0 Å². The van der Waals surface area contributed by atoms with Crippen molar-refractivity contribution < 1.29 is 0 Å². The highest BCUT2D eigenvalue weighted by Gasteiger charge is 2.14. The first-order chi connectivity index (χ1) is 6.70. The molecular weight excluding hydrogens is 250 g/mol. The molecule has 0 unspecified atom stereocenters. The third-order valence-electron chi connectivity index (χ3n) is 2.24. The van der Waals surface area contributed by atoms with Gasteiger partial charge in [-0.2, -0.15) is 0 Å². The van der Waals surface area contributed by atoms with Crippen LogP contribution >= 0.6 is 15.9 Å². The number of halogens is 1. The number of anilines is 1. The van der Waals surface area contributed by atoms with E-state index in [1.165, 1.54) is 0 Å². The summed E-state index contributed by atoms with van der Waals surface area (Å²) in [7, 11) is 0. The molecule has 0 saturated carbocycles. The molecule has 0 aromatic carbocycles. The normalized spacial score (nSPS) is 15.5. The predicted octanol–water partition coefficient (Wildman–Crippen LogP) is 0.505. The number of nitrogens with one attached hydrogen (secondary N) is 2. The van der Waals surface area contributed by atoms with Crippen molar-refractivity contribution in [3.05, 3.63) is 25.3 Å². The molecule has 0 atom stereocenters. The molecule has 1 aliphatic heterocycles. The van der Waals surface area contributed by atoms with Crippen molar-refractivity contribution in [3.8, 4) is 0 Å². The van der Waals surface area contributed by atoms with Crippen LogP contribution in [0.1, 0.15) is 12.8 Å². The van der Waals surface area contributed by atoms with Crippen LogP contribution in [0, 0.1) is 0 Å². The molecular formula is C8H10BrN3O2. The van der Waals surface area contributed by atoms with Gasteiger partial charge in [-0.05, 0) is 28.8 Å². The molecule has 14 heavy (non-hydrogen) atoms. The molecule has 2 N–H and O–H groups in total. The van der Waals surface area contributed by atoms with Gasteiger partial charge in [0.1, 0.15) is 10.3 Å². The van der Waals surface area contributed by atoms with E-state index in [2.05, 4.69) is 26.2 Å². The first kappa shape index (κ1) is 9.51. The average molecular weight is 260 g/mol. The molecule has 1 aromatic heterocycles. The minimum absolute atomic E-state index is 0.345. The lowest BCUT2D eigenvalue weighted by Gasteiger charge is -2.10. The van der Waals surface area contributed by atoms with Gasteiger partial charge in [-0.15, -0.1) is 0 Å². The van der Waals surface area contributed by atoms with Gasteiger partial charge in [-0.25, -0.2) is 4.79 Å². The Morgan fingerprint density at radius 2 is 2.07 bits per heavy atom. The van der Waals surface area contributed by atoms with Gasteiger partial charge < -0.3 is 5.32 Å². The quantitative estimate of drug-likeness (QED) is 0.714. The van der Waals surface area contributed by atoms with Crippen molar-refractivity contribution in [2.24, 2.45) is 0 Å². The average Bonchev–Trinajstić information content (AvgIpc) is 2.39. The fourth-order valence-corrected chi connectivity index (χ4v) is 1.99. The summed E-state index contributed by atoms with van der Waals surface area (Å²) < 4.78 is 1.96. The lowest BCUT2D eigenvalue weighted by molar-refractivity contribution is 0.620. The number of fused-ring (bicyclic) bond motifs is 1. The van der Waals surface area contributed by atoms with Gasteiger partial charge in [0.05, 0.1) is 0 Å². The molecule has 5 nitrogen and oxygen atoms in total. The number of hydrogen-bond donors (Lipinski definition) is 2. The van der Waals surface area contributed by atoms with Crippen LogP contribution in [-0.2, 0) is 6.54 Å². The number of hydrogen-bond acceptors (Lipinski definition) is 3. The SMILES string of the molecule is O=c1[nH]c(=O)n2c(c1Br)NCCCC2. The summed E-state index contributed by atoms with van der Waals surface area (Å²) in [5.74, 6) is 0.594. The molecule has 1 aromatic rings. The van der Waals surface area contributed by atoms with Gasteiger partial charge in [0, 0.05) is 13.1 Å². The minimum atomic E-state index is -0.379. The summed E-state index contributed by atoms with van der Waals surface area (Å²) >= 11 is 3.17. The van der Waals surface area contributed by atoms with E-state index >= 15 is 0 Å². The van der Waals surface area contributed by atoms with Gasteiger partial charge in [0.15, 0.2) is 0 Å². The van der Waals surface area contributed by atoms with Crippen LogP contribution in [-0.4, -0.2) is 16.1 Å². The number of nitrogens with zero attached hydrogens (tertiary/aromatic N) is 1. The maximum atomic E-state index is 11.4. The molecule has 0 saturated heterocycles. The van der Waals surface area contributed by atoms with E-state index in [1.54, 1.807) is 4.57 Å². The molecule has 0 fully saturated rings. The van der Waals surface area contributed by atoms with Crippen LogP contribution in [0.2, 0.25) is 0 Å². The Bertz CT molecular complexity index is 463. The third-order valence-corrected chi connectivity index (χ3v) is 2.98. The van der Waals surface area contributed by atoms with Gasteiger partial charge >= 0.3 is 5.69 Å². The van der Waals surface area contributed by atoms with Gasteiger partial charge in [-0.3, -0.25) is 14.3 Å². The Kier molecular flexibility index (Phi) is 2.45. The Balaban J connectivity index is 2.69. The van der Waals surface area contributed by atoms with Crippen LogP contribution in [0.5, 0.6) is 0 Å². The highest BCUT2D eigenvalue weighted by molar-refractivity contribution is 9.10. The number of aromatic amines is 1. The lowest BCUT2D eigenvalue weighted by Crippen LogP contribution is -2.31. The molecule has 76 valence electrons. The third kappa shape index (κ3) is 1.50. The van der Waals surface area contributed by atoms with Crippen molar-refractivity contribution >= 4 is 21.7 Å². The molecule has 2 heterocycles. The van der Waals surface area contributed by atoms with Crippen LogP contribution in [0.25, 0.3) is 0 Å². The summed E-state index contributed by atoms with van der Waals surface area (Å²) in [6, 6.07) is 0. The predicted molar refractivity (Wildman–Crippen MR) is 56.7 cm³/mol. The Morgan fingerprint density at radius 1 is 1.29 bits per heavy atom. The maximum absolute atomic E-state index is 11.4. The highest BCUT2D eigenvalue weighted by atomic mass is 79.9. The van der Waals surface area contributed by atoms with Crippen molar-refractivity contribution in [1.29, 1.82) is 0 Å². The summed E-state index contributed by atoms with van der Waals surface area (Å²) in [5.41, 5.74) is -0.724. The van der Waals surface area contributed by atoms with Crippen LogP contribution < -0.4 is 16.6 Å². The summed E-state index contributed by atoms with van der Waals surface area (Å²) in [6.07, 6.45) is 1.94. The topological polar surface area (TPSA) is 66.9 Å². The molecule has 2 rings (SSSR count). The number of H-pyrrole nitrogens is 1. The van der Waals surface area contributed by atoms with Crippen molar-refractivity contribution in [3.63, 3.8) is 0 Å². The summed E-state index contributed by atoms with van der Waals surface area (Å²) in [5, 5.41) is 3.07. The van der Waals surface area contributed by atoms with E-state index < -0.39 is 0 Å². The standard InChI is InChI=1S/C8H10BrN3O2/c9-5-6-10-3-1-2-4-12(6)8(14)11-7(5)13/h10H,1-4H2,(H,11,13,14). The van der Waals surface area contributed by atoms with E-state index in [4.69, 9.17) is 0 Å². The van der Waals surface area contributed by atoms with E-state index in [0.717, 1.165) is 19.4 Å². The van der Waals surface area contributed by atoms with Crippen LogP contribution in [0.3, 0.4) is 0 Å². The number of aromatic nitrogens is 2. The zero-order valence-corrected chi connectivity index (χ0v) is 9.06. The smallest absolute Gasteiger partial charge is 0.329 e. The van der Waals surface area contributed by atoms with E-state index in [0.29, 0.717) is 16.8 Å². The van der Waals surface area contributed by atoms with Gasteiger partial charge in [0.2, 0.25) is 0 Å². The maximum Gasteiger partial charge on any atom is 0.329 e. The zero-order valence-electron chi connectivity index (χ0n) is 7.47. The van der Waals surface area contributed by atoms with Crippen molar-refractivity contribution in [1.82, 2.24) is 9.55 Å². The molecule has 0 spiro atoms. The lowest BCUT2D eigenvalue weighted by atomic mass is 10.3. The molecule has 0 radical (unpaired) electrons. The van der Waals surface area contributed by atoms with E-state index in [1.807, 2.05) is 0 Å². The summed E-state index contributed by atoms with van der Waals surface area (Å²) in [6.45, 7) is 1.44. The zero-order chi connectivity index (χ0) is 10.1. The van der Waals surface area contributed by atoms with E-state index in [9.17, 15) is 9.59 Å². The second kappa shape index (κ2) is 3.61. The fraction of sp³-hybridized carbons (Fsp3) is 0.500. The molecule has 0 bridgehead atoms. The Morgan fingerprint density at radius 3 is 2.86 bits per heavy atom. The van der Waals surface area contributed by atoms with Crippen LogP contribution in [0.15, 0.2) is 14.1 Å². The van der Waals surface area contributed by atoms with Crippen molar-refractivity contribution in [2.45, 2.75) is 19.4 Å². The van der Waals surface area contributed by atoms with Crippen molar-refractivity contribution in [2.75, 3.05) is 11.9 Å². The first-order valence-electron chi connectivity index (χ1n) is 4.46. The number of rotatable bonds is 0. The molecule has 0 aliphatic carbocycles. The monoisotopic (exact) mass is 259 g/mol. The minimum Gasteiger partial charge on any atom is -0.370 e. The fourth-order valence-electron chi connectivity index (χ4n) is 1.54. The van der Waals surface area contributed by atoms with Crippen LogP contribution in [0.4, 0.5) is 5.82 Å². The second-order valence-electron chi connectivity index (χ2n) is 3.21.